The summed E-state index contributed by atoms with van der Waals surface area (Å²) >= 11 is 0. The van der Waals surface area contributed by atoms with E-state index in [2.05, 4.69) is 20.6 Å². The highest BCUT2D eigenvalue weighted by atomic mass is 35.5. The first-order valence-electron chi connectivity index (χ1n) is 14.3. The molecule has 232 valence electrons. The molecule has 4 heterocycles. The minimum absolute atomic E-state index is 0. The van der Waals surface area contributed by atoms with Gasteiger partial charge in [-0.05, 0) is 69.1 Å². The van der Waals surface area contributed by atoms with E-state index in [4.69, 9.17) is 4.74 Å². The summed E-state index contributed by atoms with van der Waals surface area (Å²) in [6.45, 7) is 6.66. The van der Waals surface area contributed by atoms with Crippen LogP contribution in [0.3, 0.4) is 0 Å². The molecular formula is C31H34ClF2N7O3. The number of carbonyl (C=O) groups is 2. The minimum atomic E-state index is -1.07. The first-order valence-corrected chi connectivity index (χ1v) is 14.3. The van der Waals surface area contributed by atoms with Crippen LogP contribution < -0.4 is 15.4 Å². The summed E-state index contributed by atoms with van der Waals surface area (Å²) in [5, 5.41) is 6.56. The van der Waals surface area contributed by atoms with Crippen molar-refractivity contribution in [2.45, 2.75) is 32.2 Å². The Morgan fingerprint density at radius 3 is 2.48 bits per heavy atom. The van der Waals surface area contributed by atoms with E-state index in [-0.39, 0.29) is 35.5 Å². The lowest BCUT2D eigenvalue weighted by atomic mass is 9.98. The molecule has 10 nitrogen and oxygen atoms in total. The number of carbonyl (C=O) groups excluding carboxylic acids is 2. The quantitative estimate of drug-likeness (QED) is 0.323. The summed E-state index contributed by atoms with van der Waals surface area (Å²) in [4.78, 5) is 38.9. The number of aromatic nitrogens is 3. The summed E-state index contributed by atoms with van der Waals surface area (Å²) in [7, 11) is 1.28. The Labute approximate surface area is 259 Å². The number of fused-ring (bicyclic) bond motifs is 1. The molecule has 1 unspecified atom stereocenters. The van der Waals surface area contributed by atoms with Crippen molar-refractivity contribution in [1.82, 2.24) is 29.5 Å². The highest BCUT2D eigenvalue weighted by Gasteiger charge is 2.40. The van der Waals surface area contributed by atoms with E-state index in [1.165, 1.54) is 31.6 Å². The summed E-state index contributed by atoms with van der Waals surface area (Å²) in [6, 6.07) is 8.23. The lowest BCUT2D eigenvalue weighted by Crippen LogP contribution is -2.58. The topological polar surface area (TPSA) is 104 Å². The third-order valence-corrected chi connectivity index (χ3v) is 8.39. The van der Waals surface area contributed by atoms with Gasteiger partial charge in [-0.15, -0.1) is 12.4 Å². The largest absolute Gasteiger partial charge is 0.494 e. The molecule has 2 aliphatic rings. The van der Waals surface area contributed by atoms with E-state index in [0.717, 1.165) is 24.9 Å². The number of hydrogen-bond donors (Lipinski definition) is 2. The molecule has 2 fully saturated rings. The second-order valence-corrected chi connectivity index (χ2v) is 11.2. The standard InChI is InChI=1S/C31H33F2N7O3.ClH/c1-19-17-20(5-6-21(19)29(41)38-13-15-39(16-14-38)30(42)31(2)9-4-10-36-31)37-27-28-35-18-23(40(28)12-11-34-27)22-7-8-24(43-3)26(33)25(22)32;/h5-8,11-12,17-18,36H,4,9-10,13-16H2,1-3H3,(H,34,37);1H. The van der Waals surface area contributed by atoms with Gasteiger partial charge in [-0.25, -0.2) is 14.4 Å². The number of benzene rings is 2. The minimum Gasteiger partial charge on any atom is -0.494 e. The highest BCUT2D eigenvalue weighted by molar-refractivity contribution is 5.96. The van der Waals surface area contributed by atoms with Gasteiger partial charge in [0, 0.05) is 55.4 Å². The number of ether oxygens (including phenoxy) is 1. The molecule has 13 heteroatoms. The van der Waals surface area contributed by atoms with Gasteiger partial charge in [-0.1, -0.05) is 0 Å². The van der Waals surface area contributed by atoms with Crippen molar-refractivity contribution in [3.63, 3.8) is 0 Å². The van der Waals surface area contributed by atoms with Crippen LogP contribution >= 0.6 is 12.4 Å². The van der Waals surface area contributed by atoms with E-state index in [0.29, 0.717) is 54.6 Å². The number of imidazole rings is 1. The van der Waals surface area contributed by atoms with Crippen LogP contribution in [0.1, 0.15) is 35.7 Å². The average Bonchev–Trinajstić information content (AvgIpc) is 3.66. The number of amides is 2. The first kappa shape index (κ1) is 31.1. The van der Waals surface area contributed by atoms with Gasteiger partial charge >= 0.3 is 0 Å². The van der Waals surface area contributed by atoms with Gasteiger partial charge in [-0.2, -0.15) is 4.39 Å². The van der Waals surface area contributed by atoms with Crippen molar-refractivity contribution >= 4 is 41.4 Å². The van der Waals surface area contributed by atoms with Gasteiger partial charge < -0.3 is 25.2 Å². The summed E-state index contributed by atoms with van der Waals surface area (Å²) in [5.74, 6) is -1.84. The zero-order chi connectivity index (χ0) is 30.3. The summed E-state index contributed by atoms with van der Waals surface area (Å²) < 4.78 is 35.7. The smallest absolute Gasteiger partial charge is 0.254 e. The monoisotopic (exact) mass is 625 g/mol. The van der Waals surface area contributed by atoms with Crippen molar-refractivity contribution in [2.75, 3.05) is 45.2 Å². The molecule has 0 saturated carbocycles. The van der Waals surface area contributed by atoms with Crippen LogP contribution in [0.15, 0.2) is 48.9 Å². The Morgan fingerprint density at radius 2 is 1.80 bits per heavy atom. The van der Waals surface area contributed by atoms with E-state index >= 15 is 0 Å². The maximum atomic E-state index is 14.8. The van der Waals surface area contributed by atoms with Crippen LogP contribution in [0.5, 0.6) is 5.75 Å². The summed E-state index contributed by atoms with van der Waals surface area (Å²) in [6.07, 6.45) is 6.44. The first-order chi connectivity index (χ1) is 20.7. The Hall–Kier alpha value is -4.29. The molecule has 2 saturated heterocycles. The van der Waals surface area contributed by atoms with Crippen molar-refractivity contribution in [2.24, 2.45) is 0 Å². The van der Waals surface area contributed by atoms with Crippen LogP contribution in [0.4, 0.5) is 20.3 Å². The SMILES string of the molecule is COc1ccc(-c2cnc3c(Nc4ccc(C(=O)N5CCN(C(=O)C6(C)CCCN6)CC5)c(C)c4)nccn23)c(F)c1F.Cl. The van der Waals surface area contributed by atoms with Gasteiger partial charge in [0.25, 0.3) is 5.91 Å². The normalized spacial score (nSPS) is 18.3. The number of nitrogens with one attached hydrogen (secondary N) is 2. The van der Waals surface area contributed by atoms with Gasteiger partial charge in [0.2, 0.25) is 11.7 Å². The number of methoxy groups -OCH3 is 1. The van der Waals surface area contributed by atoms with Crippen molar-refractivity contribution in [3.05, 3.63) is 71.7 Å². The van der Waals surface area contributed by atoms with Crippen LogP contribution in [0.25, 0.3) is 16.9 Å². The lowest BCUT2D eigenvalue weighted by Gasteiger charge is -2.38. The van der Waals surface area contributed by atoms with Gasteiger partial charge in [0.15, 0.2) is 23.0 Å². The van der Waals surface area contributed by atoms with E-state index in [1.807, 2.05) is 24.8 Å². The molecule has 2 aromatic carbocycles. The molecule has 6 rings (SSSR count). The predicted molar refractivity (Wildman–Crippen MR) is 165 cm³/mol. The molecule has 2 aliphatic heterocycles. The summed E-state index contributed by atoms with van der Waals surface area (Å²) in [5.41, 5.74) is 2.35. The molecular weight excluding hydrogens is 592 g/mol. The fraction of sp³-hybridized carbons (Fsp3) is 0.355. The zero-order valence-corrected chi connectivity index (χ0v) is 25.5. The van der Waals surface area contributed by atoms with Gasteiger partial charge in [0.1, 0.15) is 0 Å². The number of rotatable bonds is 6. The number of aryl methyl sites for hydroxylation is 1. The Bertz CT molecular complexity index is 1720. The van der Waals surface area contributed by atoms with E-state index in [1.54, 1.807) is 27.6 Å². The number of halogens is 3. The Balaban J connectivity index is 0.00000384. The van der Waals surface area contributed by atoms with Crippen LogP contribution in [0, 0.1) is 18.6 Å². The van der Waals surface area contributed by atoms with Gasteiger partial charge in [0.05, 0.1) is 24.5 Å². The lowest BCUT2D eigenvalue weighted by molar-refractivity contribution is -0.138. The number of hydrogen-bond acceptors (Lipinski definition) is 7. The predicted octanol–water partition coefficient (Wildman–Crippen LogP) is 4.58. The fourth-order valence-electron chi connectivity index (χ4n) is 5.92. The second-order valence-electron chi connectivity index (χ2n) is 11.2. The fourth-order valence-corrected chi connectivity index (χ4v) is 5.92. The molecule has 0 spiro atoms. The number of piperazine rings is 1. The zero-order valence-electron chi connectivity index (χ0n) is 24.7. The maximum Gasteiger partial charge on any atom is 0.254 e. The highest BCUT2D eigenvalue weighted by Crippen LogP contribution is 2.32. The molecule has 2 N–H and O–H groups in total. The van der Waals surface area contributed by atoms with E-state index in [9.17, 15) is 18.4 Å². The third-order valence-electron chi connectivity index (χ3n) is 8.39. The molecule has 0 aliphatic carbocycles. The third kappa shape index (κ3) is 5.55. The molecule has 2 amide bonds. The van der Waals surface area contributed by atoms with Crippen molar-refractivity contribution < 1.29 is 23.1 Å². The molecule has 1 atom stereocenters. The van der Waals surface area contributed by atoms with E-state index < -0.39 is 17.2 Å². The Kier molecular flexibility index (Phi) is 8.76. The molecule has 44 heavy (non-hydrogen) atoms. The average molecular weight is 626 g/mol. The number of nitrogens with zero attached hydrogens (tertiary/aromatic N) is 5. The maximum absolute atomic E-state index is 14.8. The van der Waals surface area contributed by atoms with Crippen molar-refractivity contribution in [1.29, 1.82) is 0 Å². The second kappa shape index (κ2) is 12.4. The van der Waals surface area contributed by atoms with Crippen molar-refractivity contribution in [3.8, 4) is 17.0 Å². The van der Waals surface area contributed by atoms with Crippen LogP contribution in [0.2, 0.25) is 0 Å². The van der Waals surface area contributed by atoms with Gasteiger partial charge in [-0.3, -0.25) is 14.0 Å². The number of anilines is 2. The Morgan fingerprint density at radius 1 is 1.05 bits per heavy atom. The molecule has 2 aromatic heterocycles. The van der Waals surface area contributed by atoms with Crippen LogP contribution in [-0.4, -0.2) is 81.4 Å². The molecule has 0 radical (unpaired) electrons. The molecule has 0 bridgehead atoms. The molecule has 4 aromatic rings. The van der Waals surface area contributed by atoms with Crippen LogP contribution in [-0.2, 0) is 4.79 Å².